The highest BCUT2D eigenvalue weighted by Gasteiger charge is 2.64. The van der Waals surface area contributed by atoms with Gasteiger partial charge in [0, 0.05) is 27.1 Å². The lowest BCUT2D eigenvalue weighted by molar-refractivity contribution is -0.133. The van der Waals surface area contributed by atoms with Crippen molar-refractivity contribution >= 4 is 11.8 Å². The molecule has 2 amide bonds. The number of piperidine rings is 1. The molecule has 3 heterocycles. The van der Waals surface area contributed by atoms with Gasteiger partial charge in [-0.2, -0.15) is 0 Å². The van der Waals surface area contributed by atoms with E-state index in [0.717, 1.165) is 63.4 Å². The van der Waals surface area contributed by atoms with Gasteiger partial charge < -0.3 is 14.6 Å². The van der Waals surface area contributed by atoms with Crippen LogP contribution in [0.1, 0.15) is 44.1 Å². The Bertz CT molecular complexity index is 735. The normalized spacial score (nSPS) is 29.9. The number of nitrogens with zero attached hydrogens (tertiary/aromatic N) is 2. The maximum Gasteiger partial charge on any atom is 0.228 e. The van der Waals surface area contributed by atoms with E-state index in [0.29, 0.717) is 6.54 Å². The molecule has 2 saturated heterocycles. The van der Waals surface area contributed by atoms with Crippen molar-refractivity contribution in [3.63, 3.8) is 0 Å². The van der Waals surface area contributed by atoms with Crippen LogP contribution in [0.5, 0.6) is 0 Å². The summed E-state index contributed by atoms with van der Waals surface area (Å²) < 4.78 is 5.74. The molecule has 0 radical (unpaired) electrons. The molecule has 0 aromatic carbocycles. The van der Waals surface area contributed by atoms with Crippen molar-refractivity contribution in [2.24, 2.45) is 16.7 Å². The van der Waals surface area contributed by atoms with Crippen molar-refractivity contribution in [2.45, 2.75) is 46.1 Å². The molecule has 1 spiro atoms. The van der Waals surface area contributed by atoms with Gasteiger partial charge >= 0.3 is 0 Å². The van der Waals surface area contributed by atoms with Gasteiger partial charge in [-0.05, 0) is 69.2 Å². The number of hydrogen-bond donors (Lipinski definition) is 1. The molecule has 0 bridgehead atoms. The summed E-state index contributed by atoms with van der Waals surface area (Å²) in [6, 6.07) is 4.08. The van der Waals surface area contributed by atoms with Gasteiger partial charge in [0.1, 0.15) is 11.5 Å². The number of carbonyl (C=O) groups excluding carboxylic acids is 2. The molecule has 1 aliphatic carbocycles. The number of rotatable bonds is 3. The molecule has 3 fully saturated rings. The highest BCUT2D eigenvalue weighted by Crippen LogP contribution is 2.62. The van der Waals surface area contributed by atoms with Crippen molar-refractivity contribution in [1.82, 2.24) is 15.1 Å². The third kappa shape index (κ3) is 2.98. The fraction of sp³-hybridized carbons (Fsp3) is 0.714. The third-order valence-electron chi connectivity index (χ3n) is 7.50. The first kappa shape index (κ1) is 18.5. The molecule has 0 unspecified atom stereocenters. The molecule has 1 aromatic heterocycles. The van der Waals surface area contributed by atoms with E-state index >= 15 is 0 Å². The molecule has 6 heteroatoms. The van der Waals surface area contributed by atoms with Gasteiger partial charge in [-0.3, -0.25) is 14.5 Å². The average molecular weight is 373 g/mol. The summed E-state index contributed by atoms with van der Waals surface area (Å²) in [6.45, 7) is 7.84. The second-order valence-corrected chi connectivity index (χ2v) is 8.84. The lowest BCUT2D eigenvalue weighted by Crippen LogP contribution is -2.48. The third-order valence-corrected chi connectivity index (χ3v) is 7.50. The zero-order valence-corrected chi connectivity index (χ0v) is 16.7. The van der Waals surface area contributed by atoms with E-state index in [1.807, 2.05) is 17.9 Å². The fourth-order valence-electron chi connectivity index (χ4n) is 5.97. The largest absolute Gasteiger partial charge is 0.465 e. The number of amides is 2. The number of nitrogens with one attached hydrogen (secondary N) is 1. The Morgan fingerprint density at radius 2 is 1.96 bits per heavy atom. The van der Waals surface area contributed by atoms with Crippen LogP contribution in [-0.4, -0.2) is 54.8 Å². The van der Waals surface area contributed by atoms with Gasteiger partial charge in [-0.25, -0.2) is 0 Å². The molecule has 3 aliphatic rings. The number of aryl methyl sites for hydroxylation is 1. The number of furan rings is 1. The van der Waals surface area contributed by atoms with Crippen molar-refractivity contribution in [3.8, 4) is 0 Å². The first-order valence-electron chi connectivity index (χ1n) is 10.1. The average Bonchev–Trinajstić information content (AvgIpc) is 3.32. The monoisotopic (exact) mass is 373 g/mol. The summed E-state index contributed by atoms with van der Waals surface area (Å²) >= 11 is 0. The highest BCUT2D eigenvalue weighted by molar-refractivity contribution is 5.85. The van der Waals surface area contributed by atoms with Crippen LogP contribution >= 0.6 is 0 Å². The number of likely N-dealkylation sites (tertiary alicyclic amines) is 2. The molecule has 27 heavy (non-hydrogen) atoms. The van der Waals surface area contributed by atoms with Gasteiger partial charge in [0.25, 0.3) is 0 Å². The van der Waals surface area contributed by atoms with E-state index in [1.54, 1.807) is 14.0 Å². The van der Waals surface area contributed by atoms with E-state index in [1.165, 1.54) is 0 Å². The molecule has 148 valence electrons. The second-order valence-electron chi connectivity index (χ2n) is 8.84. The molecule has 1 N–H and O–H groups in total. The quantitative estimate of drug-likeness (QED) is 0.882. The maximum absolute atomic E-state index is 12.8. The fourth-order valence-corrected chi connectivity index (χ4v) is 5.97. The summed E-state index contributed by atoms with van der Waals surface area (Å²) in [5, 5.41) is 2.89. The SMILES string of the molecule is CNC(=O)[C@@]12CCC3(CCN(Cc4ccc(C)o4)CC3)[C@@H]1CN(C(C)=O)C2. The zero-order chi connectivity index (χ0) is 19.2. The van der Waals surface area contributed by atoms with Gasteiger partial charge in [-0.15, -0.1) is 0 Å². The predicted molar refractivity (Wildman–Crippen MR) is 102 cm³/mol. The minimum atomic E-state index is -0.388. The predicted octanol–water partition coefficient (Wildman–Crippen LogP) is 2.17. The van der Waals surface area contributed by atoms with Crippen LogP contribution in [0.3, 0.4) is 0 Å². The first-order valence-corrected chi connectivity index (χ1v) is 10.1. The van der Waals surface area contributed by atoms with E-state index in [-0.39, 0.29) is 28.6 Å². The van der Waals surface area contributed by atoms with Gasteiger partial charge in [0.15, 0.2) is 0 Å². The highest BCUT2D eigenvalue weighted by atomic mass is 16.3. The lowest BCUT2D eigenvalue weighted by Gasteiger charge is -2.44. The molecular weight excluding hydrogens is 342 g/mol. The summed E-state index contributed by atoms with van der Waals surface area (Å²) in [5.41, 5.74) is -0.201. The summed E-state index contributed by atoms with van der Waals surface area (Å²) in [6.07, 6.45) is 4.20. The van der Waals surface area contributed by atoms with E-state index in [2.05, 4.69) is 16.3 Å². The van der Waals surface area contributed by atoms with Gasteiger partial charge in [-0.1, -0.05) is 0 Å². The van der Waals surface area contributed by atoms with E-state index in [9.17, 15) is 9.59 Å². The molecule has 4 rings (SSSR count). The Hall–Kier alpha value is -1.82. The smallest absolute Gasteiger partial charge is 0.228 e. The molecule has 2 atom stereocenters. The molecular formula is C21H31N3O3. The van der Waals surface area contributed by atoms with Gasteiger partial charge in [0.05, 0.1) is 12.0 Å². The summed E-state index contributed by atoms with van der Waals surface area (Å²) in [7, 11) is 1.73. The summed E-state index contributed by atoms with van der Waals surface area (Å²) in [4.78, 5) is 29.2. The Morgan fingerprint density at radius 1 is 1.22 bits per heavy atom. The van der Waals surface area contributed by atoms with E-state index < -0.39 is 0 Å². The minimum absolute atomic E-state index is 0.0912. The molecule has 1 aromatic rings. The van der Waals surface area contributed by atoms with Crippen LogP contribution in [0.4, 0.5) is 0 Å². The number of fused-ring (bicyclic) bond motifs is 2. The lowest BCUT2D eigenvalue weighted by atomic mass is 9.65. The van der Waals surface area contributed by atoms with Crippen LogP contribution in [0, 0.1) is 23.7 Å². The number of carbonyl (C=O) groups is 2. The second kappa shape index (κ2) is 6.66. The summed E-state index contributed by atoms with van der Waals surface area (Å²) in [5.74, 6) is 2.48. The Labute approximate surface area is 161 Å². The molecule has 2 aliphatic heterocycles. The Morgan fingerprint density at radius 3 is 2.56 bits per heavy atom. The van der Waals surface area contributed by atoms with Crippen molar-refractivity contribution in [1.29, 1.82) is 0 Å². The van der Waals surface area contributed by atoms with Crippen LogP contribution in [0.2, 0.25) is 0 Å². The molecule has 6 nitrogen and oxygen atoms in total. The van der Waals surface area contributed by atoms with Crippen LogP contribution in [0.25, 0.3) is 0 Å². The maximum atomic E-state index is 12.8. The van der Waals surface area contributed by atoms with Crippen molar-refractivity contribution in [3.05, 3.63) is 23.7 Å². The van der Waals surface area contributed by atoms with Crippen molar-refractivity contribution < 1.29 is 14.0 Å². The zero-order valence-electron chi connectivity index (χ0n) is 16.7. The Balaban J connectivity index is 1.49. The first-order chi connectivity index (χ1) is 12.9. The standard InChI is InChI=1S/C21H31N3O3/c1-15-4-5-17(27-15)12-23-10-8-20(9-11-23)6-7-21(19(26)22-3)14-24(16(2)25)13-18(20)21/h4-5,18H,6-14H2,1-3H3,(H,22,26)/t18-,21+/m0/s1. The Kier molecular flexibility index (Phi) is 4.57. The van der Waals surface area contributed by atoms with Gasteiger partial charge in [0.2, 0.25) is 11.8 Å². The van der Waals surface area contributed by atoms with E-state index in [4.69, 9.17) is 4.42 Å². The van der Waals surface area contributed by atoms with Crippen LogP contribution in [-0.2, 0) is 16.1 Å². The topological polar surface area (TPSA) is 65.8 Å². The van der Waals surface area contributed by atoms with Crippen LogP contribution < -0.4 is 5.32 Å². The van der Waals surface area contributed by atoms with Crippen molar-refractivity contribution in [2.75, 3.05) is 33.2 Å². The minimum Gasteiger partial charge on any atom is -0.465 e. The molecule has 1 saturated carbocycles. The van der Waals surface area contributed by atoms with Crippen LogP contribution in [0.15, 0.2) is 16.5 Å². The number of hydrogen-bond acceptors (Lipinski definition) is 4.